The van der Waals surface area contributed by atoms with Gasteiger partial charge >= 0.3 is 0 Å². The number of ether oxygens (including phenoxy) is 1. The van der Waals surface area contributed by atoms with Crippen LogP contribution in [-0.2, 0) is 0 Å². The van der Waals surface area contributed by atoms with Crippen molar-refractivity contribution in [3.05, 3.63) is 11.9 Å². The van der Waals surface area contributed by atoms with Crippen LogP contribution in [0.5, 0.6) is 5.88 Å². The smallest absolute Gasteiger partial charge is 0.221 e. The molecule has 0 aliphatic heterocycles. The monoisotopic (exact) mass is 227 g/mol. The maximum atomic E-state index is 9.61. The predicted octanol–water partition coefficient (Wildman–Crippen LogP) is -0.0512. The lowest BCUT2D eigenvalue weighted by Gasteiger charge is -2.21. The van der Waals surface area contributed by atoms with Crippen LogP contribution in [0.15, 0.2) is 6.33 Å². The van der Waals surface area contributed by atoms with Gasteiger partial charge in [0, 0.05) is 6.54 Å². The van der Waals surface area contributed by atoms with E-state index in [1.807, 2.05) is 6.92 Å². The van der Waals surface area contributed by atoms with E-state index in [1.165, 1.54) is 20.4 Å². The fourth-order valence-corrected chi connectivity index (χ4v) is 1.15. The number of methoxy groups -OCH3 is 1. The molecule has 0 spiro atoms. The number of aromatic nitrogens is 2. The minimum absolute atomic E-state index is 0.199. The standard InChI is InChI=1S/C10H17N3O3/c1-7-8(11-4-10(2,15)5-14)12-6-13-9(7)16-3/h6,14-15H,4-5H2,1-3H3,(H,11,12,13). The average Bonchev–Trinajstić information content (AvgIpc) is 2.28. The zero-order valence-electron chi connectivity index (χ0n) is 9.69. The lowest BCUT2D eigenvalue weighted by Crippen LogP contribution is -2.37. The van der Waals surface area contributed by atoms with Crippen molar-refractivity contribution in [2.45, 2.75) is 19.4 Å². The Hall–Kier alpha value is -1.40. The van der Waals surface area contributed by atoms with E-state index in [0.29, 0.717) is 11.7 Å². The third-order valence-electron chi connectivity index (χ3n) is 2.21. The third-order valence-corrected chi connectivity index (χ3v) is 2.21. The molecule has 6 nitrogen and oxygen atoms in total. The highest BCUT2D eigenvalue weighted by atomic mass is 16.5. The first-order valence-electron chi connectivity index (χ1n) is 4.93. The Morgan fingerprint density at radius 2 is 2.19 bits per heavy atom. The second-order valence-electron chi connectivity index (χ2n) is 3.87. The number of nitrogens with zero attached hydrogens (tertiary/aromatic N) is 2. The Morgan fingerprint density at radius 3 is 2.75 bits per heavy atom. The van der Waals surface area contributed by atoms with Crippen molar-refractivity contribution in [1.29, 1.82) is 0 Å². The summed E-state index contributed by atoms with van der Waals surface area (Å²) in [6, 6.07) is 0. The molecule has 16 heavy (non-hydrogen) atoms. The van der Waals surface area contributed by atoms with Gasteiger partial charge in [0.1, 0.15) is 17.7 Å². The highest BCUT2D eigenvalue weighted by Crippen LogP contribution is 2.20. The van der Waals surface area contributed by atoms with Crippen LogP contribution < -0.4 is 10.1 Å². The molecule has 0 amide bonds. The molecule has 90 valence electrons. The molecule has 1 rings (SSSR count). The number of rotatable bonds is 5. The van der Waals surface area contributed by atoms with E-state index in [-0.39, 0.29) is 13.2 Å². The molecule has 1 aromatic heterocycles. The van der Waals surface area contributed by atoms with Crippen LogP contribution in [0.3, 0.4) is 0 Å². The molecule has 1 aromatic rings. The van der Waals surface area contributed by atoms with Gasteiger partial charge in [-0.1, -0.05) is 0 Å². The molecule has 0 saturated heterocycles. The van der Waals surface area contributed by atoms with Gasteiger partial charge in [-0.2, -0.15) is 0 Å². The van der Waals surface area contributed by atoms with Gasteiger partial charge < -0.3 is 20.3 Å². The van der Waals surface area contributed by atoms with Crippen LogP contribution >= 0.6 is 0 Å². The summed E-state index contributed by atoms with van der Waals surface area (Å²) in [5.74, 6) is 1.07. The molecule has 1 atom stereocenters. The van der Waals surface area contributed by atoms with Crippen LogP contribution in [0.4, 0.5) is 5.82 Å². The Bertz CT molecular complexity index is 355. The third kappa shape index (κ3) is 3.04. The Kier molecular flexibility index (Phi) is 4.03. The normalized spacial score (nSPS) is 14.3. The van der Waals surface area contributed by atoms with Gasteiger partial charge in [-0.05, 0) is 13.8 Å². The molecule has 0 radical (unpaired) electrons. The van der Waals surface area contributed by atoms with Gasteiger partial charge in [-0.15, -0.1) is 0 Å². The average molecular weight is 227 g/mol. The van der Waals surface area contributed by atoms with E-state index in [9.17, 15) is 5.11 Å². The van der Waals surface area contributed by atoms with Gasteiger partial charge in [-0.3, -0.25) is 0 Å². The summed E-state index contributed by atoms with van der Waals surface area (Å²) in [5, 5.41) is 21.4. The summed E-state index contributed by atoms with van der Waals surface area (Å²) in [6.45, 7) is 3.23. The van der Waals surface area contributed by atoms with E-state index in [0.717, 1.165) is 5.56 Å². The summed E-state index contributed by atoms with van der Waals surface area (Å²) < 4.78 is 5.04. The molecule has 3 N–H and O–H groups in total. The van der Waals surface area contributed by atoms with Crippen molar-refractivity contribution < 1.29 is 14.9 Å². The van der Waals surface area contributed by atoms with E-state index in [2.05, 4.69) is 15.3 Å². The predicted molar refractivity (Wildman–Crippen MR) is 59.5 cm³/mol. The van der Waals surface area contributed by atoms with Crippen molar-refractivity contribution in [3.8, 4) is 5.88 Å². The lowest BCUT2D eigenvalue weighted by molar-refractivity contribution is 0.0131. The molecular formula is C10H17N3O3. The van der Waals surface area contributed by atoms with E-state index < -0.39 is 5.60 Å². The number of hydrogen-bond donors (Lipinski definition) is 3. The number of nitrogens with one attached hydrogen (secondary N) is 1. The van der Waals surface area contributed by atoms with Gasteiger partial charge in [0.05, 0.1) is 19.3 Å². The van der Waals surface area contributed by atoms with E-state index in [4.69, 9.17) is 9.84 Å². The first kappa shape index (κ1) is 12.7. The molecule has 1 heterocycles. The van der Waals surface area contributed by atoms with Gasteiger partial charge in [-0.25, -0.2) is 9.97 Å². The highest BCUT2D eigenvalue weighted by Gasteiger charge is 2.19. The minimum Gasteiger partial charge on any atom is -0.481 e. The summed E-state index contributed by atoms with van der Waals surface area (Å²) in [7, 11) is 1.53. The first-order valence-corrected chi connectivity index (χ1v) is 4.93. The zero-order chi connectivity index (χ0) is 12.2. The molecule has 0 aliphatic rings. The van der Waals surface area contributed by atoms with E-state index >= 15 is 0 Å². The van der Waals surface area contributed by atoms with Crippen LogP contribution in [0.2, 0.25) is 0 Å². The summed E-state index contributed by atoms with van der Waals surface area (Å²) in [4.78, 5) is 7.97. The Labute approximate surface area is 94.3 Å². The highest BCUT2D eigenvalue weighted by molar-refractivity contribution is 5.47. The van der Waals surface area contributed by atoms with Crippen molar-refractivity contribution >= 4 is 5.82 Å². The van der Waals surface area contributed by atoms with Crippen LogP contribution in [0, 0.1) is 6.92 Å². The topological polar surface area (TPSA) is 87.5 Å². The SMILES string of the molecule is COc1ncnc(NCC(C)(O)CO)c1C. The van der Waals surface area contributed by atoms with Crippen LogP contribution in [-0.4, -0.2) is 46.0 Å². The molecule has 1 unspecified atom stereocenters. The van der Waals surface area contributed by atoms with E-state index in [1.54, 1.807) is 0 Å². The quantitative estimate of drug-likeness (QED) is 0.653. The minimum atomic E-state index is -1.18. The molecule has 0 aromatic carbocycles. The molecule has 0 fully saturated rings. The van der Waals surface area contributed by atoms with Crippen molar-refractivity contribution in [2.75, 3.05) is 25.6 Å². The van der Waals surface area contributed by atoms with Gasteiger partial charge in [0.15, 0.2) is 0 Å². The zero-order valence-corrected chi connectivity index (χ0v) is 9.69. The summed E-state index contributed by atoms with van der Waals surface area (Å²) >= 11 is 0. The van der Waals surface area contributed by atoms with Crippen molar-refractivity contribution in [1.82, 2.24) is 9.97 Å². The Morgan fingerprint density at radius 1 is 1.50 bits per heavy atom. The maximum absolute atomic E-state index is 9.61. The molecule has 0 aliphatic carbocycles. The van der Waals surface area contributed by atoms with Crippen molar-refractivity contribution in [3.63, 3.8) is 0 Å². The van der Waals surface area contributed by atoms with Crippen molar-refractivity contribution in [2.24, 2.45) is 0 Å². The van der Waals surface area contributed by atoms with Crippen LogP contribution in [0.25, 0.3) is 0 Å². The summed E-state index contributed by atoms with van der Waals surface area (Å²) in [6.07, 6.45) is 1.38. The maximum Gasteiger partial charge on any atom is 0.221 e. The second kappa shape index (κ2) is 5.09. The molecule has 0 bridgehead atoms. The molecule has 0 saturated carbocycles. The fourth-order valence-electron chi connectivity index (χ4n) is 1.15. The van der Waals surface area contributed by atoms with Gasteiger partial charge in [0.2, 0.25) is 5.88 Å². The number of aliphatic hydroxyl groups is 2. The molecular weight excluding hydrogens is 210 g/mol. The first-order chi connectivity index (χ1) is 7.50. The van der Waals surface area contributed by atoms with Crippen LogP contribution in [0.1, 0.15) is 12.5 Å². The fraction of sp³-hybridized carbons (Fsp3) is 0.600. The second-order valence-corrected chi connectivity index (χ2v) is 3.87. The molecule has 6 heteroatoms. The summed E-state index contributed by atoms with van der Waals surface area (Å²) in [5.41, 5.74) is -0.413. The Balaban J connectivity index is 2.75. The number of hydrogen-bond acceptors (Lipinski definition) is 6. The number of anilines is 1. The number of aliphatic hydroxyl groups excluding tert-OH is 1. The largest absolute Gasteiger partial charge is 0.481 e. The van der Waals surface area contributed by atoms with Gasteiger partial charge in [0.25, 0.3) is 0 Å². The lowest BCUT2D eigenvalue weighted by atomic mass is 10.1.